The van der Waals surface area contributed by atoms with Gasteiger partial charge in [-0.1, -0.05) is 0 Å². The predicted octanol–water partition coefficient (Wildman–Crippen LogP) is -6.99. The third kappa shape index (κ3) is 8.77. The van der Waals surface area contributed by atoms with Gasteiger partial charge in [-0.25, -0.2) is 9.59 Å². The lowest BCUT2D eigenvalue weighted by Gasteiger charge is -2.23. The molecule has 0 aliphatic rings. The summed E-state index contributed by atoms with van der Waals surface area (Å²) in [5.41, 5.74) is 0. The van der Waals surface area contributed by atoms with Crippen molar-refractivity contribution < 1.29 is 70.9 Å². The molecule has 0 heterocycles. The van der Waals surface area contributed by atoms with Gasteiger partial charge < -0.3 is 61.3 Å². The zero-order valence-corrected chi connectivity index (χ0v) is 13.2. The first-order valence-corrected chi connectivity index (χ1v) is 6.95. The minimum Gasteiger partial charge on any atom is -0.479 e. The molecule has 0 aromatic heterocycles. The standard InChI is InChI=1S/2C6H12O7/c2*7-1-2(8)3(9)4(10)5(11)6(12)13/h2*2-5,7-11H,1H2,(H,12,13). The van der Waals surface area contributed by atoms with Crippen molar-refractivity contribution in [2.75, 3.05) is 13.2 Å². The smallest absolute Gasteiger partial charge is 0.335 e. The minimum absolute atomic E-state index is 0.843. The van der Waals surface area contributed by atoms with Gasteiger partial charge in [-0.15, -0.1) is 0 Å². The fraction of sp³-hybridized carbons (Fsp3) is 0.833. The van der Waals surface area contributed by atoms with Gasteiger partial charge in [0.2, 0.25) is 0 Å². The van der Waals surface area contributed by atoms with Gasteiger partial charge in [0.15, 0.2) is 12.2 Å². The van der Waals surface area contributed by atoms with E-state index in [-0.39, 0.29) is 0 Å². The zero-order valence-electron chi connectivity index (χ0n) is 13.2. The topological polar surface area (TPSA) is 277 Å². The normalized spacial score (nSPS) is 20.4. The summed E-state index contributed by atoms with van der Waals surface area (Å²) in [6.07, 6.45) is -15.7. The van der Waals surface area contributed by atoms with E-state index in [9.17, 15) is 9.59 Å². The lowest BCUT2D eigenvalue weighted by Crippen LogP contribution is -2.48. The molecule has 0 amide bonds. The number of aliphatic hydroxyl groups is 10. The van der Waals surface area contributed by atoms with E-state index < -0.39 is 74.0 Å². The number of hydrogen-bond acceptors (Lipinski definition) is 12. The number of carboxylic acid groups (broad SMARTS) is 2. The molecule has 0 fully saturated rings. The lowest BCUT2D eigenvalue weighted by molar-refractivity contribution is -0.164. The maximum atomic E-state index is 10.1. The molecule has 0 bridgehead atoms. The SMILES string of the molecule is O=C(O)C(O)C(O)C(O)C(O)CO.O=C(O)C(O)C(O)C(O)C(O)CO. The van der Waals surface area contributed by atoms with Crippen LogP contribution in [0.15, 0.2) is 0 Å². The number of hydrogen-bond donors (Lipinski definition) is 12. The van der Waals surface area contributed by atoms with Gasteiger partial charge in [0.25, 0.3) is 0 Å². The zero-order chi connectivity index (χ0) is 21.2. The van der Waals surface area contributed by atoms with Crippen LogP contribution in [0.2, 0.25) is 0 Å². The van der Waals surface area contributed by atoms with Gasteiger partial charge in [-0.3, -0.25) is 0 Å². The minimum atomic E-state index is -2.20. The summed E-state index contributed by atoms with van der Waals surface area (Å²) in [6.45, 7) is -1.69. The molecule has 0 aromatic rings. The summed E-state index contributed by atoms with van der Waals surface area (Å²) < 4.78 is 0. The molecule has 14 nitrogen and oxygen atoms in total. The molecular formula is C12H24O14. The molecule has 0 saturated carbocycles. The maximum absolute atomic E-state index is 10.1. The Balaban J connectivity index is 0. The summed E-state index contributed by atoms with van der Waals surface area (Å²) in [5, 5.41) is 104. The van der Waals surface area contributed by atoms with Crippen molar-refractivity contribution in [1.82, 2.24) is 0 Å². The maximum Gasteiger partial charge on any atom is 0.335 e. The quantitative estimate of drug-likeness (QED) is 0.165. The third-order valence-corrected chi connectivity index (χ3v) is 3.02. The largest absolute Gasteiger partial charge is 0.479 e. The first kappa shape index (κ1) is 26.8. The highest BCUT2D eigenvalue weighted by atomic mass is 16.4. The van der Waals surface area contributed by atoms with Crippen molar-refractivity contribution in [3.05, 3.63) is 0 Å². The van der Waals surface area contributed by atoms with Gasteiger partial charge in [-0.05, 0) is 0 Å². The van der Waals surface area contributed by atoms with Crippen LogP contribution in [0, 0.1) is 0 Å². The second-order valence-electron chi connectivity index (χ2n) is 5.03. The Morgan fingerprint density at radius 2 is 0.769 bits per heavy atom. The highest BCUT2D eigenvalue weighted by Crippen LogP contribution is 2.05. The van der Waals surface area contributed by atoms with E-state index in [1.54, 1.807) is 0 Å². The van der Waals surface area contributed by atoms with Crippen LogP contribution < -0.4 is 0 Å². The highest BCUT2D eigenvalue weighted by molar-refractivity contribution is 5.73. The highest BCUT2D eigenvalue weighted by Gasteiger charge is 2.34. The van der Waals surface area contributed by atoms with Crippen molar-refractivity contribution in [2.24, 2.45) is 0 Å². The number of aliphatic carboxylic acids is 2. The molecule has 0 aliphatic heterocycles. The number of carboxylic acids is 2. The van der Waals surface area contributed by atoms with E-state index in [2.05, 4.69) is 0 Å². The molecule has 0 saturated heterocycles. The Kier molecular flexibility index (Phi) is 13.2. The number of carbonyl (C=O) groups is 2. The molecule has 0 spiro atoms. The molecule has 26 heavy (non-hydrogen) atoms. The van der Waals surface area contributed by atoms with E-state index in [1.807, 2.05) is 0 Å². The molecule has 0 aliphatic carbocycles. The van der Waals surface area contributed by atoms with Gasteiger partial charge in [0.05, 0.1) is 13.2 Å². The number of rotatable bonds is 10. The average Bonchev–Trinajstić information content (AvgIpc) is 2.62. The van der Waals surface area contributed by atoms with Crippen molar-refractivity contribution in [3.63, 3.8) is 0 Å². The van der Waals surface area contributed by atoms with E-state index in [4.69, 9.17) is 61.3 Å². The van der Waals surface area contributed by atoms with Crippen LogP contribution in [0.4, 0.5) is 0 Å². The summed E-state index contributed by atoms with van der Waals surface area (Å²) in [4.78, 5) is 20.2. The predicted molar refractivity (Wildman–Crippen MR) is 77.5 cm³/mol. The second-order valence-corrected chi connectivity index (χ2v) is 5.03. The Hall–Kier alpha value is -1.46. The molecule has 0 rings (SSSR count). The molecule has 14 heteroatoms. The summed E-state index contributed by atoms with van der Waals surface area (Å²) in [6, 6.07) is 0. The molecule has 8 unspecified atom stereocenters. The Morgan fingerprint density at radius 3 is 0.923 bits per heavy atom. The van der Waals surface area contributed by atoms with E-state index in [1.165, 1.54) is 0 Å². The third-order valence-electron chi connectivity index (χ3n) is 3.02. The van der Waals surface area contributed by atoms with Crippen LogP contribution in [0.1, 0.15) is 0 Å². The summed E-state index contributed by atoms with van der Waals surface area (Å²) >= 11 is 0. The van der Waals surface area contributed by atoms with Crippen LogP contribution in [-0.2, 0) is 9.59 Å². The van der Waals surface area contributed by atoms with E-state index in [0.29, 0.717) is 0 Å². The molecule has 0 aromatic carbocycles. The van der Waals surface area contributed by atoms with Crippen LogP contribution in [0.3, 0.4) is 0 Å². The monoisotopic (exact) mass is 392 g/mol. The molecule has 8 atom stereocenters. The van der Waals surface area contributed by atoms with Crippen molar-refractivity contribution in [3.8, 4) is 0 Å². The molecular weight excluding hydrogens is 368 g/mol. The van der Waals surface area contributed by atoms with Gasteiger partial charge >= 0.3 is 11.9 Å². The van der Waals surface area contributed by atoms with Crippen LogP contribution >= 0.6 is 0 Å². The second kappa shape index (κ2) is 12.8. The van der Waals surface area contributed by atoms with Gasteiger partial charge in [0.1, 0.15) is 36.6 Å². The van der Waals surface area contributed by atoms with E-state index >= 15 is 0 Å². The molecule has 0 radical (unpaired) electrons. The lowest BCUT2D eigenvalue weighted by atomic mass is 10.0. The van der Waals surface area contributed by atoms with Crippen LogP contribution in [0.5, 0.6) is 0 Å². The first-order chi connectivity index (χ1) is 11.8. The van der Waals surface area contributed by atoms with Gasteiger partial charge in [-0.2, -0.15) is 0 Å². The summed E-state index contributed by atoms with van der Waals surface area (Å²) in [7, 11) is 0. The fourth-order valence-electron chi connectivity index (χ4n) is 1.34. The fourth-order valence-corrected chi connectivity index (χ4v) is 1.34. The molecule has 12 N–H and O–H groups in total. The first-order valence-electron chi connectivity index (χ1n) is 6.95. The van der Waals surface area contributed by atoms with Crippen molar-refractivity contribution in [1.29, 1.82) is 0 Å². The van der Waals surface area contributed by atoms with Crippen LogP contribution in [-0.4, -0.2) is 135 Å². The van der Waals surface area contributed by atoms with E-state index in [0.717, 1.165) is 0 Å². The average molecular weight is 392 g/mol. The van der Waals surface area contributed by atoms with Gasteiger partial charge in [0, 0.05) is 0 Å². The van der Waals surface area contributed by atoms with Crippen LogP contribution in [0.25, 0.3) is 0 Å². The molecule has 156 valence electrons. The number of aliphatic hydroxyl groups excluding tert-OH is 10. The Labute approximate surface area is 146 Å². The summed E-state index contributed by atoms with van der Waals surface area (Å²) in [5.74, 6) is -3.45. The van der Waals surface area contributed by atoms with Crippen molar-refractivity contribution in [2.45, 2.75) is 48.8 Å². The Bertz CT molecular complexity index is 379. The van der Waals surface area contributed by atoms with Crippen molar-refractivity contribution >= 4 is 11.9 Å². The Morgan fingerprint density at radius 1 is 0.538 bits per heavy atom.